The number of hydrogen-bond donors (Lipinski definition) is 1. The number of halogens is 2. The minimum Gasteiger partial charge on any atom is -0.375 e. The maximum Gasteiger partial charge on any atom is 0.313 e. The van der Waals surface area contributed by atoms with Gasteiger partial charge >= 0.3 is 11.8 Å². The second-order valence-corrected chi connectivity index (χ2v) is 4.93. The highest BCUT2D eigenvalue weighted by Crippen LogP contribution is 2.16. The monoisotopic (exact) mass is 298 g/mol. The third-order valence-corrected chi connectivity index (χ3v) is 3.46. The van der Waals surface area contributed by atoms with Crippen LogP contribution in [0.1, 0.15) is 13.8 Å². The summed E-state index contributed by atoms with van der Waals surface area (Å²) < 4.78 is 31.5. The Morgan fingerprint density at radius 2 is 1.86 bits per heavy atom. The van der Waals surface area contributed by atoms with Crippen LogP contribution in [0.4, 0.5) is 14.5 Å². The van der Waals surface area contributed by atoms with E-state index in [0.29, 0.717) is 19.2 Å². The lowest BCUT2D eigenvalue weighted by Gasteiger charge is -2.37. The van der Waals surface area contributed by atoms with E-state index in [1.54, 1.807) is 6.92 Å². The third-order valence-electron chi connectivity index (χ3n) is 3.46. The maximum atomic E-state index is 13.0. The van der Waals surface area contributed by atoms with Gasteiger partial charge in [-0.15, -0.1) is 0 Å². The van der Waals surface area contributed by atoms with Crippen molar-refractivity contribution in [3.63, 3.8) is 0 Å². The molecule has 21 heavy (non-hydrogen) atoms. The lowest BCUT2D eigenvalue weighted by atomic mass is 10.1. The Morgan fingerprint density at radius 1 is 1.24 bits per heavy atom. The quantitative estimate of drug-likeness (QED) is 0.800. The molecule has 2 atom stereocenters. The van der Waals surface area contributed by atoms with Gasteiger partial charge in [0.1, 0.15) is 11.6 Å². The van der Waals surface area contributed by atoms with Gasteiger partial charge in [0, 0.05) is 18.3 Å². The van der Waals surface area contributed by atoms with Gasteiger partial charge in [-0.1, -0.05) is 0 Å². The van der Waals surface area contributed by atoms with Crippen LogP contribution in [0.3, 0.4) is 0 Å². The molecule has 1 N–H and O–H groups in total. The molecule has 2 amide bonds. The van der Waals surface area contributed by atoms with Crippen LogP contribution in [0.15, 0.2) is 18.2 Å². The molecule has 2 rings (SSSR count). The average molecular weight is 298 g/mol. The van der Waals surface area contributed by atoms with Gasteiger partial charge in [0.15, 0.2) is 0 Å². The predicted molar refractivity (Wildman–Crippen MR) is 71.6 cm³/mol. The Labute approximate surface area is 120 Å². The fourth-order valence-corrected chi connectivity index (χ4v) is 2.16. The molecule has 1 fully saturated rings. The first-order valence-corrected chi connectivity index (χ1v) is 6.58. The molecule has 1 saturated heterocycles. The van der Waals surface area contributed by atoms with Gasteiger partial charge < -0.3 is 15.0 Å². The van der Waals surface area contributed by atoms with E-state index in [2.05, 4.69) is 5.32 Å². The zero-order chi connectivity index (χ0) is 15.6. The van der Waals surface area contributed by atoms with E-state index < -0.39 is 23.4 Å². The molecule has 7 heteroatoms. The van der Waals surface area contributed by atoms with Gasteiger partial charge in [0.05, 0.1) is 18.8 Å². The van der Waals surface area contributed by atoms with Crippen LogP contribution in [-0.2, 0) is 14.3 Å². The summed E-state index contributed by atoms with van der Waals surface area (Å²) >= 11 is 0. The first kappa shape index (κ1) is 15.4. The van der Waals surface area contributed by atoms with Crippen molar-refractivity contribution in [2.45, 2.75) is 26.0 Å². The summed E-state index contributed by atoms with van der Waals surface area (Å²) in [5.74, 6) is -3.33. The molecular formula is C14H16F2N2O3. The zero-order valence-electron chi connectivity index (χ0n) is 11.7. The molecule has 0 spiro atoms. The molecule has 1 heterocycles. The summed E-state index contributed by atoms with van der Waals surface area (Å²) in [6, 6.07) is 2.32. The number of carbonyl (C=O) groups excluding carboxylic acids is 2. The number of carbonyl (C=O) groups is 2. The second-order valence-electron chi connectivity index (χ2n) is 4.93. The molecule has 1 aromatic carbocycles. The van der Waals surface area contributed by atoms with Crippen molar-refractivity contribution < 1.29 is 23.1 Å². The van der Waals surface area contributed by atoms with Crippen molar-refractivity contribution in [1.29, 1.82) is 0 Å². The second kappa shape index (κ2) is 6.17. The fourth-order valence-electron chi connectivity index (χ4n) is 2.16. The lowest BCUT2D eigenvalue weighted by Crippen LogP contribution is -2.54. The summed E-state index contributed by atoms with van der Waals surface area (Å²) in [5, 5.41) is 2.21. The van der Waals surface area contributed by atoms with Crippen LogP contribution in [0.2, 0.25) is 0 Å². The Morgan fingerprint density at radius 3 is 2.48 bits per heavy atom. The number of rotatable bonds is 1. The van der Waals surface area contributed by atoms with Crippen molar-refractivity contribution in [3.8, 4) is 0 Å². The lowest BCUT2D eigenvalue weighted by molar-refractivity contribution is -0.152. The van der Waals surface area contributed by atoms with Crippen LogP contribution < -0.4 is 5.32 Å². The van der Waals surface area contributed by atoms with E-state index in [4.69, 9.17) is 4.74 Å². The average Bonchev–Trinajstić information content (AvgIpc) is 2.40. The maximum absolute atomic E-state index is 13.0. The normalized spacial score (nSPS) is 22.0. The van der Waals surface area contributed by atoms with Crippen LogP contribution in [0, 0.1) is 11.6 Å². The van der Waals surface area contributed by atoms with Gasteiger partial charge in [0.2, 0.25) is 0 Å². The molecule has 0 bridgehead atoms. The molecule has 2 unspecified atom stereocenters. The minimum atomic E-state index is -0.930. The number of nitrogens with one attached hydrogen (secondary N) is 1. The smallest absolute Gasteiger partial charge is 0.313 e. The number of ether oxygens (including phenoxy) is 1. The van der Waals surface area contributed by atoms with E-state index in [0.717, 1.165) is 12.1 Å². The summed E-state index contributed by atoms with van der Waals surface area (Å²) in [6.07, 6.45) is -0.179. The zero-order valence-corrected chi connectivity index (χ0v) is 11.7. The summed E-state index contributed by atoms with van der Waals surface area (Å²) in [7, 11) is 0. The number of benzene rings is 1. The standard InChI is InChI=1S/C14H16F2N2O3/c1-8-9(2)21-4-3-18(8)14(20)13(19)17-12-6-10(15)5-11(16)7-12/h5-9H,3-4H2,1-2H3,(H,17,19). The Kier molecular flexibility index (Phi) is 4.52. The number of morpholine rings is 1. The summed E-state index contributed by atoms with van der Waals surface area (Å²) in [5.41, 5.74) is -0.0974. The highest BCUT2D eigenvalue weighted by Gasteiger charge is 2.32. The highest BCUT2D eigenvalue weighted by molar-refractivity contribution is 6.39. The molecule has 0 saturated carbocycles. The number of anilines is 1. The van der Waals surface area contributed by atoms with Gasteiger partial charge in [-0.3, -0.25) is 9.59 Å². The number of amides is 2. The molecule has 5 nitrogen and oxygen atoms in total. The van der Waals surface area contributed by atoms with E-state index in [1.165, 1.54) is 4.90 Å². The van der Waals surface area contributed by atoms with Crippen molar-refractivity contribution in [2.24, 2.45) is 0 Å². The Balaban J connectivity index is 2.07. The van der Waals surface area contributed by atoms with Crippen LogP contribution >= 0.6 is 0 Å². The third kappa shape index (κ3) is 3.55. The van der Waals surface area contributed by atoms with Gasteiger partial charge in [0.25, 0.3) is 0 Å². The van der Waals surface area contributed by atoms with Crippen molar-refractivity contribution in [2.75, 3.05) is 18.5 Å². The van der Waals surface area contributed by atoms with Gasteiger partial charge in [-0.2, -0.15) is 0 Å². The van der Waals surface area contributed by atoms with Crippen LogP contribution in [-0.4, -0.2) is 42.0 Å². The first-order chi connectivity index (χ1) is 9.88. The van der Waals surface area contributed by atoms with Crippen LogP contribution in [0.5, 0.6) is 0 Å². The van der Waals surface area contributed by atoms with Gasteiger partial charge in [-0.25, -0.2) is 8.78 Å². The molecule has 0 radical (unpaired) electrons. The van der Waals surface area contributed by atoms with E-state index in [9.17, 15) is 18.4 Å². The van der Waals surface area contributed by atoms with Crippen molar-refractivity contribution in [1.82, 2.24) is 4.90 Å². The molecule has 1 aliphatic heterocycles. The molecular weight excluding hydrogens is 282 g/mol. The largest absolute Gasteiger partial charge is 0.375 e. The van der Waals surface area contributed by atoms with Crippen LogP contribution in [0.25, 0.3) is 0 Å². The first-order valence-electron chi connectivity index (χ1n) is 6.58. The number of hydrogen-bond acceptors (Lipinski definition) is 3. The summed E-state index contributed by atoms with van der Waals surface area (Å²) in [4.78, 5) is 25.4. The molecule has 1 aromatic rings. The Hall–Kier alpha value is -2.02. The van der Waals surface area contributed by atoms with Crippen molar-refractivity contribution >= 4 is 17.5 Å². The molecule has 0 aliphatic carbocycles. The predicted octanol–water partition coefficient (Wildman–Crippen LogP) is 1.54. The fraction of sp³-hybridized carbons (Fsp3) is 0.429. The SMILES string of the molecule is CC1OCCN(C(=O)C(=O)Nc2cc(F)cc(F)c2)C1C. The molecule has 0 aromatic heterocycles. The number of nitrogens with zero attached hydrogens (tertiary/aromatic N) is 1. The minimum absolute atomic E-state index is 0.0974. The van der Waals surface area contributed by atoms with E-state index in [1.807, 2.05) is 6.92 Å². The van der Waals surface area contributed by atoms with E-state index >= 15 is 0 Å². The highest BCUT2D eigenvalue weighted by atomic mass is 19.1. The van der Waals surface area contributed by atoms with E-state index in [-0.39, 0.29) is 17.8 Å². The van der Waals surface area contributed by atoms with Gasteiger partial charge in [-0.05, 0) is 26.0 Å². The molecule has 114 valence electrons. The molecule has 1 aliphatic rings. The Bertz CT molecular complexity index is 545. The topological polar surface area (TPSA) is 58.6 Å². The summed E-state index contributed by atoms with van der Waals surface area (Å²) in [6.45, 7) is 4.23. The van der Waals surface area contributed by atoms with Crippen molar-refractivity contribution in [3.05, 3.63) is 29.8 Å².